The van der Waals surface area contributed by atoms with Crippen molar-refractivity contribution in [1.29, 1.82) is 0 Å². The van der Waals surface area contributed by atoms with Gasteiger partial charge in [-0.3, -0.25) is 4.79 Å². The molecular formula is C14H22ClN3O. The van der Waals surface area contributed by atoms with Crippen LogP contribution in [-0.4, -0.2) is 16.3 Å². The lowest BCUT2D eigenvalue weighted by molar-refractivity contribution is 0.543. The second kappa shape index (κ2) is 6.94. The highest BCUT2D eigenvalue weighted by molar-refractivity contribution is 6.32. The van der Waals surface area contributed by atoms with Crippen LogP contribution in [0.1, 0.15) is 45.4 Å². The number of nitrogens with one attached hydrogen (secondary N) is 1. The molecule has 19 heavy (non-hydrogen) atoms. The molecule has 1 aliphatic carbocycles. The molecule has 4 nitrogen and oxygen atoms in total. The van der Waals surface area contributed by atoms with Crippen LogP contribution in [0.2, 0.25) is 5.02 Å². The molecule has 0 amide bonds. The molecule has 0 saturated heterocycles. The number of hydrogen-bond donors (Lipinski definition) is 1. The van der Waals surface area contributed by atoms with E-state index in [9.17, 15) is 4.79 Å². The highest BCUT2D eigenvalue weighted by Gasteiger charge is 2.20. The zero-order valence-corrected chi connectivity index (χ0v) is 12.2. The van der Waals surface area contributed by atoms with Gasteiger partial charge in [0.1, 0.15) is 5.02 Å². The van der Waals surface area contributed by atoms with Gasteiger partial charge in [0.2, 0.25) is 0 Å². The first kappa shape index (κ1) is 14.4. The van der Waals surface area contributed by atoms with E-state index in [1.807, 2.05) is 0 Å². The van der Waals surface area contributed by atoms with E-state index in [1.54, 1.807) is 6.20 Å². The predicted octanol–water partition coefficient (Wildman–Crippen LogP) is 3.30. The van der Waals surface area contributed by atoms with Crippen molar-refractivity contribution in [2.24, 2.45) is 5.92 Å². The Morgan fingerprint density at radius 1 is 1.47 bits per heavy atom. The second-order valence-corrected chi connectivity index (χ2v) is 5.64. The Kier molecular flexibility index (Phi) is 5.25. The maximum atomic E-state index is 12.0. The summed E-state index contributed by atoms with van der Waals surface area (Å²) in [5, 5.41) is 7.63. The number of unbranched alkanes of at least 4 members (excludes halogenated alkanes) is 1. The van der Waals surface area contributed by atoms with Crippen LogP contribution < -0.4 is 10.9 Å². The lowest BCUT2D eigenvalue weighted by atomic mass is 10.2. The molecule has 0 spiro atoms. The Morgan fingerprint density at radius 3 is 2.95 bits per heavy atom. The summed E-state index contributed by atoms with van der Waals surface area (Å²) < 4.78 is 1.45. The molecule has 1 aromatic heterocycles. The standard InChI is InChI=1S/C14H22ClN3O/c1-2-3-9-18-14(19)13(15)12(10-17-18)16-8-4-5-11-6-7-11/h10-11,16H,2-9H2,1H3. The molecule has 106 valence electrons. The Bertz CT molecular complexity index is 468. The average Bonchev–Trinajstić information content (AvgIpc) is 3.22. The zero-order valence-electron chi connectivity index (χ0n) is 11.5. The van der Waals surface area contributed by atoms with Crippen LogP contribution in [0.4, 0.5) is 5.69 Å². The molecule has 1 N–H and O–H groups in total. The van der Waals surface area contributed by atoms with Crippen LogP contribution in [-0.2, 0) is 6.54 Å². The molecule has 1 aliphatic rings. The van der Waals surface area contributed by atoms with E-state index in [0.717, 1.165) is 31.7 Å². The van der Waals surface area contributed by atoms with Crippen molar-refractivity contribution in [2.45, 2.75) is 52.0 Å². The lowest BCUT2D eigenvalue weighted by Gasteiger charge is -2.09. The molecule has 0 aromatic carbocycles. The van der Waals surface area contributed by atoms with Gasteiger partial charge in [-0.05, 0) is 25.2 Å². The second-order valence-electron chi connectivity index (χ2n) is 5.27. The van der Waals surface area contributed by atoms with E-state index >= 15 is 0 Å². The maximum Gasteiger partial charge on any atom is 0.287 e. The first-order valence-electron chi connectivity index (χ1n) is 7.22. The highest BCUT2D eigenvalue weighted by Crippen LogP contribution is 2.33. The maximum absolute atomic E-state index is 12.0. The molecule has 1 heterocycles. The minimum absolute atomic E-state index is 0.192. The summed E-state index contributed by atoms with van der Waals surface area (Å²) in [4.78, 5) is 12.0. The summed E-state index contributed by atoms with van der Waals surface area (Å²) in [7, 11) is 0. The minimum Gasteiger partial charge on any atom is -0.382 e. The van der Waals surface area contributed by atoms with E-state index in [1.165, 1.54) is 23.9 Å². The Balaban J connectivity index is 1.89. The monoisotopic (exact) mass is 283 g/mol. The van der Waals surface area contributed by atoms with Crippen molar-refractivity contribution in [3.8, 4) is 0 Å². The normalized spacial score (nSPS) is 14.6. The third-order valence-corrected chi connectivity index (χ3v) is 3.88. The van der Waals surface area contributed by atoms with Gasteiger partial charge in [-0.15, -0.1) is 0 Å². The number of aryl methyl sites for hydroxylation is 1. The van der Waals surface area contributed by atoms with E-state index in [4.69, 9.17) is 11.6 Å². The molecule has 1 saturated carbocycles. The van der Waals surface area contributed by atoms with Gasteiger partial charge in [-0.2, -0.15) is 5.10 Å². The van der Waals surface area contributed by atoms with Crippen molar-refractivity contribution < 1.29 is 0 Å². The largest absolute Gasteiger partial charge is 0.382 e. The number of hydrogen-bond acceptors (Lipinski definition) is 3. The SMILES string of the molecule is CCCCn1ncc(NCCCC2CC2)c(Cl)c1=O. The molecule has 2 rings (SSSR count). The lowest BCUT2D eigenvalue weighted by Crippen LogP contribution is -2.24. The van der Waals surface area contributed by atoms with E-state index < -0.39 is 0 Å². The Labute approximate surface area is 119 Å². The topological polar surface area (TPSA) is 46.9 Å². The van der Waals surface area contributed by atoms with Gasteiger partial charge in [-0.25, -0.2) is 4.68 Å². The molecule has 0 atom stereocenters. The van der Waals surface area contributed by atoms with Crippen LogP contribution in [0.5, 0.6) is 0 Å². The van der Waals surface area contributed by atoms with Crippen molar-refractivity contribution in [3.05, 3.63) is 21.6 Å². The fourth-order valence-corrected chi connectivity index (χ4v) is 2.29. The van der Waals surface area contributed by atoms with Gasteiger partial charge in [0.05, 0.1) is 11.9 Å². The fourth-order valence-electron chi connectivity index (χ4n) is 2.08. The van der Waals surface area contributed by atoms with Crippen LogP contribution in [0.15, 0.2) is 11.0 Å². The minimum atomic E-state index is -0.192. The van der Waals surface area contributed by atoms with Crippen LogP contribution in [0, 0.1) is 5.92 Å². The predicted molar refractivity (Wildman–Crippen MR) is 78.9 cm³/mol. The molecule has 5 heteroatoms. The number of halogens is 1. The summed E-state index contributed by atoms with van der Waals surface area (Å²) in [6, 6.07) is 0. The van der Waals surface area contributed by atoms with Gasteiger partial charge < -0.3 is 5.32 Å². The number of rotatable bonds is 8. The van der Waals surface area contributed by atoms with E-state index in [-0.39, 0.29) is 10.6 Å². The van der Waals surface area contributed by atoms with Crippen molar-refractivity contribution in [3.63, 3.8) is 0 Å². The first-order valence-corrected chi connectivity index (χ1v) is 7.59. The van der Waals surface area contributed by atoms with Gasteiger partial charge in [0, 0.05) is 13.1 Å². The number of anilines is 1. The molecule has 0 bridgehead atoms. The van der Waals surface area contributed by atoms with Crippen LogP contribution >= 0.6 is 11.6 Å². The molecular weight excluding hydrogens is 262 g/mol. The summed E-state index contributed by atoms with van der Waals surface area (Å²) in [6.07, 6.45) is 8.80. The quantitative estimate of drug-likeness (QED) is 0.745. The Hall–Kier alpha value is -1.03. The van der Waals surface area contributed by atoms with Gasteiger partial charge in [0.25, 0.3) is 5.56 Å². The third kappa shape index (κ3) is 4.23. The third-order valence-electron chi connectivity index (χ3n) is 3.51. The van der Waals surface area contributed by atoms with Crippen molar-refractivity contribution >= 4 is 17.3 Å². The van der Waals surface area contributed by atoms with Crippen LogP contribution in [0.25, 0.3) is 0 Å². The van der Waals surface area contributed by atoms with Gasteiger partial charge >= 0.3 is 0 Å². The molecule has 1 fully saturated rings. The summed E-state index contributed by atoms with van der Waals surface area (Å²) in [6.45, 7) is 3.58. The summed E-state index contributed by atoms with van der Waals surface area (Å²) in [5.74, 6) is 0.942. The van der Waals surface area contributed by atoms with Gasteiger partial charge in [0.15, 0.2) is 0 Å². The molecule has 0 radical (unpaired) electrons. The fraction of sp³-hybridized carbons (Fsp3) is 0.714. The molecule has 0 aliphatic heterocycles. The molecule has 1 aromatic rings. The molecule has 0 unspecified atom stereocenters. The van der Waals surface area contributed by atoms with Gasteiger partial charge in [-0.1, -0.05) is 37.8 Å². The van der Waals surface area contributed by atoms with Crippen LogP contribution in [0.3, 0.4) is 0 Å². The van der Waals surface area contributed by atoms with Crippen molar-refractivity contribution in [1.82, 2.24) is 9.78 Å². The van der Waals surface area contributed by atoms with E-state index in [2.05, 4.69) is 17.3 Å². The van der Waals surface area contributed by atoms with E-state index in [0.29, 0.717) is 12.2 Å². The summed E-state index contributed by atoms with van der Waals surface area (Å²) in [5.41, 5.74) is 0.470. The smallest absolute Gasteiger partial charge is 0.287 e. The first-order chi connectivity index (χ1) is 9.22. The Morgan fingerprint density at radius 2 is 2.26 bits per heavy atom. The summed E-state index contributed by atoms with van der Waals surface area (Å²) >= 11 is 6.10. The number of aromatic nitrogens is 2. The zero-order chi connectivity index (χ0) is 13.7. The number of nitrogens with zero attached hydrogens (tertiary/aromatic N) is 2. The van der Waals surface area contributed by atoms with Crippen molar-refractivity contribution in [2.75, 3.05) is 11.9 Å². The average molecular weight is 284 g/mol. The highest BCUT2D eigenvalue weighted by atomic mass is 35.5.